The Kier molecular flexibility index (Phi) is 7.78. The van der Waals surface area contributed by atoms with Crippen LogP contribution in [0.4, 0.5) is 5.69 Å². The Morgan fingerprint density at radius 3 is 2.17 bits per heavy atom. The summed E-state index contributed by atoms with van der Waals surface area (Å²) in [6, 6.07) is 10.0. The molecule has 0 unspecified atom stereocenters. The number of anilines is 1. The first kappa shape index (κ1) is 22.9. The summed E-state index contributed by atoms with van der Waals surface area (Å²) in [5, 5.41) is 2.82. The van der Waals surface area contributed by atoms with Gasteiger partial charge in [0.25, 0.3) is 0 Å². The maximum absolute atomic E-state index is 12.8. The fraction of sp³-hybridized carbons (Fsp3) is 0.381. The van der Waals surface area contributed by atoms with Gasteiger partial charge in [-0.3, -0.25) is 4.79 Å². The molecule has 2 rings (SSSR count). The molecule has 0 saturated heterocycles. The molecule has 8 heteroatoms. The molecule has 1 N–H and O–H groups in total. The Bertz CT molecular complexity index is 933. The zero-order valence-electron chi connectivity index (χ0n) is 17.5. The summed E-state index contributed by atoms with van der Waals surface area (Å²) in [6.45, 7) is 6.33. The third-order valence-electron chi connectivity index (χ3n) is 4.40. The van der Waals surface area contributed by atoms with Crippen molar-refractivity contribution in [3.05, 3.63) is 53.1 Å². The first-order chi connectivity index (χ1) is 13.6. The van der Waals surface area contributed by atoms with Crippen LogP contribution in [0, 0.1) is 20.8 Å². The molecule has 0 spiro atoms. The number of methoxy groups -OCH3 is 1. The molecule has 0 aliphatic carbocycles. The van der Waals surface area contributed by atoms with Gasteiger partial charge in [-0.25, -0.2) is 8.42 Å². The molecule has 158 valence electrons. The second-order valence-electron chi connectivity index (χ2n) is 6.90. The lowest BCUT2D eigenvalue weighted by Gasteiger charge is -2.18. The Labute approximate surface area is 172 Å². The van der Waals surface area contributed by atoms with Gasteiger partial charge in [-0.15, -0.1) is 0 Å². The van der Waals surface area contributed by atoms with E-state index in [1.165, 1.54) is 19.2 Å². The number of likely N-dealkylation sites (N-methyl/N-ethyl adjacent to an activating group) is 1. The molecule has 0 aliphatic heterocycles. The van der Waals surface area contributed by atoms with E-state index in [0.717, 1.165) is 21.0 Å². The number of hydrogen-bond donors (Lipinski definition) is 1. The predicted molar refractivity (Wildman–Crippen MR) is 113 cm³/mol. The summed E-state index contributed by atoms with van der Waals surface area (Å²) < 4.78 is 36.9. The highest BCUT2D eigenvalue weighted by Gasteiger charge is 2.23. The van der Waals surface area contributed by atoms with E-state index in [0.29, 0.717) is 24.7 Å². The molecule has 2 aromatic carbocycles. The molecule has 0 fully saturated rings. The average Bonchev–Trinajstić information content (AvgIpc) is 2.65. The van der Waals surface area contributed by atoms with Crippen molar-refractivity contribution in [2.45, 2.75) is 25.7 Å². The number of nitrogens with zero attached hydrogens (tertiary/aromatic N) is 1. The minimum absolute atomic E-state index is 0.0922. The molecule has 0 radical (unpaired) electrons. The maximum Gasteiger partial charge on any atom is 0.243 e. The summed E-state index contributed by atoms with van der Waals surface area (Å²) in [7, 11) is -0.845. The molecule has 0 atom stereocenters. The third kappa shape index (κ3) is 6.03. The number of hydrogen-bond acceptors (Lipinski definition) is 5. The van der Waals surface area contributed by atoms with Crippen LogP contribution in [0.15, 0.2) is 41.3 Å². The van der Waals surface area contributed by atoms with Gasteiger partial charge in [0.15, 0.2) is 0 Å². The van der Waals surface area contributed by atoms with E-state index in [2.05, 4.69) is 5.32 Å². The van der Waals surface area contributed by atoms with Crippen molar-refractivity contribution in [1.29, 1.82) is 0 Å². The van der Waals surface area contributed by atoms with Gasteiger partial charge >= 0.3 is 0 Å². The van der Waals surface area contributed by atoms with Gasteiger partial charge in [0.1, 0.15) is 12.4 Å². The highest BCUT2D eigenvalue weighted by molar-refractivity contribution is 7.89. The number of sulfonamides is 1. The van der Waals surface area contributed by atoms with E-state index in [-0.39, 0.29) is 11.4 Å². The molecule has 2 aromatic rings. The summed E-state index contributed by atoms with van der Waals surface area (Å²) in [4.78, 5) is 12.5. The second kappa shape index (κ2) is 9.87. The molecule has 7 nitrogen and oxygen atoms in total. The van der Waals surface area contributed by atoms with Gasteiger partial charge < -0.3 is 14.8 Å². The molecule has 29 heavy (non-hydrogen) atoms. The topological polar surface area (TPSA) is 84.9 Å². The van der Waals surface area contributed by atoms with E-state index in [4.69, 9.17) is 9.47 Å². The highest BCUT2D eigenvalue weighted by Crippen LogP contribution is 2.22. The number of benzene rings is 2. The number of rotatable bonds is 9. The van der Waals surface area contributed by atoms with Crippen LogP contribution in [-0.4, -0.2) is 52.5 Å². The standard InChI is InChI=1S/C21H28N2O5S/c1-15-12-16(2)21(17(3)13-15)22-20(24)14-23(4)29(25,26)19-8-6-18(7-9-19)28-11-10-27-5/h6-9,12-13H,10-11,14H2,1-5H3,(H,22,24). The number of nitrogens with one attached hydrogen (secondary N) is 1. The summed E-state index contributed by atoms with van der Waals surface area (Å²) in [5.74, 6) is 0.150. The minimum Gasteiger partial charge on any atom is -0.491 e. The normalized spacial score (nSPS) is 11.5. The summed E-state index contributed by atoms with van der Waals surface area (Å²) >= 11 is 0. The first-order valence-corrected chi connectivity index (χ1v) is 10.6. The zero-order valence-corrected chi connectivity index (χ0v) is 18.3. The van der Waals surface area contributed by atoms with Crippen molar-refractivity contribution in [2.24, 2.45) is 0 Å². The smallest absolute Gasteiger partial charge is 0.243 e. The van der Waals surface area contributed by atoms with Crippen LogP contribution in [0.1, 0.15) is 16.7 Å². The maximum atomic E-state index is 12.8. The highest BCUT2D eigenvalue weighted by atomic mass is 32.2. The lowest BCUT2D eigenvalue weighted by Crippen LogP contribution is -2.35. The zero-order chi connectivity index (χ0) is 21.6. The largest absolute Gasteiger partial charge is 0.491 e. The fourth-order valence-electron chi connectivity index (χ4n) is 2.97. The molecule has 1 amide bonds. The molecule has 0 heterocycles. The SMILES string of the molecule is COCCOc1ccc(S(=O)(=O)N(C)CC(=O)Nc2c(C)cc(C)cc2C)cc1. The monoisotopic (exact) mass is 420 g/mol. The number of carbonyl (C=O) groups excluding carboxylic acids is 1. The first-order valence-electron chi connectivity index (χ1n) is 9.21. The van der Waals surface area contributed by atoms with Crippen molar-refractivity contribution in [3.8, 4) is 5.75 Å². The van der Waals surface area contributed by atoms with Gasteiger partial charge in [-0.1, -0.05) is 17.7 Å². The van der Waals surface area contributed by atoms with Crippen LogP contribution in [0.5, 0.6) is 5.75 Å². The summed E-state index contributed by atoms with van der Waals surface area (Å²) in [5.41, 5.74) is 3.69. The van der Waals surface area contributed by atoms with Crippen molar-refractivity contribution in [1.82, 2.24) is 4.31 Å². The van der Waals surface area contributed by atoms with Gasteiger partial charge in [-0.2, -0.15) is 4.31 Å². The minimum atomic E-state index is -3.80. The van der Waals surface area contributed by atoms with E-state index < -0.39 is 15.9 Å². The van der Waals surface area contributed by atoms with Crippen LogP contribution < -0.4 is 10.1 Å². The van der Waals surface area contributed by atoms with Gasteiger partial charge in [0.2, 0.25) is 15.9 Å². The second-order valence-corrected chi connectivity index (χ2v) is 8.94. The van der Waals surface area contributed by atoms with Crippen LogP contribution in [0.2, 0.25) is 0 Å². The van der Waals surface area contributed by atoms with E-state index in [1.807, 2.05) is 32.9 Å². The van der Waals surface area contributed by atoms with E-state index in [1.54, 1.807) is 19.2 Å². The van der Waals surface area contributed by atoms with Gasteiger partial charge in [0.05, 0.1) is 18.0 Å². The third-order valence-corrected chi connectivity index (χ3v) is 6.21. The van der Waals surface area contributed by atoms with Crippen molar-refractivity contribution in [2.75, 3.05) is 39.2 Å². The molecule has 0 saturated carbocycles. The Morgan fingerprint density at radius 2 is 1.62 bits per heavy atom. The molecule has 0 aromatic heterocycles. The molecule has 0 aliphatic rings. The van der Waals surface area contributed by atoms with Crippen LogP contribution in [0.25, 0.3) is 0 Å². The summed E-state index contributed by atoms with van der Waals surface area (Å²) in [6.07, 6.45) is 0. The lowest BCUT2D eigenvalue weighted by molar-refractivity contribution is -0.116. The van der Waals surface area contributed by atoms with Crippen molar-refractivity contribution in [3.63, 3.8) is 0 Å². The van der Waals surface area contributed by atoms with Crippen LogP contribution >= 0.6 is 0 Å². The van der Waals surface area contributed by atoms with Gasteiger partial charge in [0, 0.05) is 19.8 Å². The molecular formula is C21H28N2O5S. The average molecular weight is 421 g/mol. The van der Waals surface area contributed by atoms with E-state index in [9.17, 15) is 13.2 Å². The Balaban J connectivity index is 2.05. The number of aryl methyl sites for hydroxylation is 3. The lowest BCUT2D eigenvalue weighted by atomic mass is 10.1. The van der Waals surface area contributed by atoms with E-state index >= 15 is 0 Å². The number of ether oxygens (including phenoxy) is 2. The fourth-order valence-corrected chi connectivity index (χ4v) is 4.10. The Morgan fingerprint density at radius 1 is 1.03 bits per heavy atom. The molecular weight excluding hydrogens is 392 g/mol. The van der Waals surface area contributed by atoms with Crippen LogP contribution in [0.3, 0.4) is 0 Å². The number of amides is 1. The Hall–Kier alpha value is -2.42. The number of carbonyl (C=O) groups is 1. The quantitative estimate of drug-likeness (QED) is 0.631. The van der Waals surface area contributed by atoms with Gasteiger partial charge in [-0.05, 0) is 56.2 Å². The molecule has 0 bridgehead atoms. The van der Waals surface area contributed by atoms with Crippen LogP contribution in [-0.2, 0) is 19.6 Å². The van der Waals surface area contributed by atoms with Crippen molar-refractivity contribution >= 4 is 21.6 Å². The van der Waals surface area contributed by atoms with Crippen molar-refractivity contribution < 1.29 is 22.7 Å². The predicted octanol–water partition coefficient (Wildman–Crippen LogP) is 2.90.